The van der Waals surface area contributed by atoms with E-state index < -0.39 is 5.91 Å². The Morgan fingerprint density at radius 3 is 2.64 bits per heavy atom. The molecule has 3 rings (SSSR count). The number of hydrogen-bond donors (Lipinski definition) is 1. The highest BCUT2D eigenvalue weighted by molar-refractivity contribution is 6.30. The Bertz CT molecular complexity index is 959. The van der Waals surface area contributed by atoms with E-state index in [0.29, 0.717) is 5.02 Å². The maximum absolute atomic E-state index is 12.5. The molecule has 28 heavy (non-hydrogen) atoms. The van der Waals surface area contributed by atoms with Crippen LogP contribution in [0.4, 0.5) is 0 Å². The fourth-order valence-corrected chi connectivity index (χ4v) is 2.75. The van der Waals surface area contributed by atoms with Crippen molar-refractivity contribution in [1.29, 1.82) is 0 Å². The normalized spacial score (nSPS) is 11.7. The van der Waals surface area contributed by atoms with Gasteiger partial charge in [0.1, 0.15) is 18.3 Å². The lowest BCUT2D eigenvalue weighted by atomic mass is 10.1. The number of nitrogens with one attached hydrogen (secondary N) is 1. The highest BCUT2D eigenvalue weighted by Gasteiger charge is 2.18. The molecule has 0 spiro atoms. The van der Waals surface area contributed by atoms with E-state index in [9.17, 15) is 9.59 Å². The standard InChI is InChI=1S/C19H19ClN6O2/c1-13(14-3-5-16(6-4-14)26-12-21-11-24-26)25(2)18(27)10-23-19(28)17-9-15(20)7-8-22-17/h3-9,11-13H,10H2,1-2H3,(H,23,28)/t13-/m0/s1. The Morgan fingerprint density at radius 1 is 1.25 bits per heavy atom. The molecule has 1 atom stereocenters. The number of likely N-dealkylation sites (N-methyl/N-ethyl adjacent to an activating group) is 1. The molecule has 0 bridgehead atoms. The molecule has 0 fully saturated rings. The van der Waals surface area contributed by atoms with Crippen molar-refractivity contribution in [3.8, 4) is 5.69 Å². The highest BCUT2D eigenvalue weighted by Crippen LogP contribution is 2.20. The SMILES string of the molecule is C[C@@H](c1ccc(-n2cncn2)cc1)N(C)C(=O)CNC(=O)c1cc(Cl)ccn1. The number of pyridine rings is 1. The van der Waals surface area contributed by atoms with Gasteiger partial charge in [0.2, 0.25) is 5.91 Å². The quantitative estimate of drug-likeness (QED) is 0.687. The number of benzene rings is 1. The van der Waals surface area contributed by atoms with E-state index in [1.807, 2.05) is 31.2 Å². The zero-order valence-electron chi connectivity index (χ0n) is 15.4. The van der Waals surface area contributed by atoms with Gasteiger partial charge in [-0.3, -0.25) is 14.6 Å². The van der Waals surface area contributed by atoms with E-state index in [0.717, 1.165) is 11.3 Å². The van der Waals surface area contributed by atoms with Crippen LogP contribution in [-0.4, -0.2) is 50.1 Å². The van der Waals surface area contributed by atoms with E-state index in [1.165, 1.54) is 18.6 Å². The van der Waals surface area contributed by atoms with E-state index in [-0.39, 0.29) is 24.2 Å². The predicted molar refractivity (Wildman–Crippen MR) is 104 cm³/mol. The van der Waals surface area contributed by atoms with Crippen molar-refractivity contribution in [1.82, 2.24) is 30.0 Å². The third-order valence-electron chi connectivity index (χ3n) is 4.39. The third kappa shape index (κ3) is 4.52. The van der Waals surface area contributed by atoms with Crippen molar-refractivity contribution in [2.45, 2.75) is 13.0 Å². The number of nitrogens with zero attached hydrogens (tertiary/aromatic N) is 5. The molecule has 0 aliphatic heterocycles. The predicted octanol–water partition coefficient (Wildman–Crippen LogP) is 2.27. The molecule has 3 aromatic rings. The monoisotopic (exact) mass is 398 g/mol. The third-order valence-corrected chi connectivity index (χ3v) is 4.62. The first kappa shape index (κ1) is 19.5. The summed E-state index contributed by atoms with van der Waals surface area (Å²) in [4.78, 5) is 34.0. The van der Waals surface area contributed by atoms with Crippen LogP contribution in [0.1, 0.15) is 29.0 Å². The Balaban J connectivity index is 1.58. The van der Waals surface area contributed by atoms with Crippen LogP contribution in [0.3, 0.4) is 0 Å². The van der Waals surface area contributed by atoms with E-state index in [4.69, 9.17) is 11.6 Å². The van der Waals surface area contributed by atoms with Crippen LogP contribution in [0.25, 0.3) is 5.69 Å². The van der Waals surface area contributed by atoms with Crippen LogP contribution in [0.5, 0.6) is 0 Å². The maximum atomic E-state index is 12.5. The number of hydrogen-bond acceptors (Lipinski definition) is 5. The summed E-state index contributed by atoms with van der Waals surface area (Å²) in [6.07, 6.45) is 4.53. The van der Waals surface area contributed by atoms with Crippen molar-refractivity contribution in [3.05, 3.63) is 71.5 Å². The molecule has 0 radical (unpaired) electrons. The fraction of sp³-hybridized carbons (Fsp3) is 0.211. The van der Waals surface area contributed by atoms with Crippen LogP contribution >= 0.6 is 11.6 Å². The largest absolute Gasteiger partial charge is 0.342 e. The average molecular weight is 399 g/mol. The Morgan fingerprint density at radius 2 is 2.00 bits per heavy atom. The number of carbonyl (C=O) groups excluding carboxylic acids is 2. The Labute approximate surface area is 167 Å². The number of aromatic nitrogens is 4. The average Bonchev–Trinajstić information content (AvgIpc) is 3.25. The van der Waals surface area contributed by atoms with Gasteiger partial charge in [-0.05, 0) is 36.8 Å². The van der Waals surface area contributed by atoms with Gasteiger partial charge in [0.05, 0.1) is 18.3 Å². The molecule has 0 unspecified atom stereocenters. The van der Waals surface area contributed by atoms with Gasteiger partial charge in [0, 0.05) is 18.3 Å². The van der Waals surface area contributed by atoms with Gasteiger partial charge in [-0.25, -0.2) is 9.67 Å². The van der Waals surface area contributed by atoms with Gasteiger partial charge < -0.3 is 10.2 Å². The first-order valence-corrected chi connectivity index (χ1v) is 8.94. The molecule has 2 heterocycles. The number of halogens is 1. The molecule has 2 amide bonds. The molecular weight excluding hydrogens is 380 g/mol. The van der Waals surface area contributed by atoms with Crippen molar-refractivity contribution in [2.75, 3.05) is 13.6 Å². The minimum Gasteiger partial charge on any atom is -0.342 e. The van der Waals surface area contributed by atoms with Crippen LogP contribution in [-0.2, 0) is 4.79 Å². The zero-order valence-corrected chi connectivity index (χ0v) is 16.2. The molecule has 1 aromatic carbocycles. The van der Waals surface area contributed by atoms with E-state index in [1.54, 1.807) is 29.0 Å². The smallest absolute Gasteiger partial charge is 0.270 e. The first-order chi connectivity index (χ1) is 13.5. The molecule has 9 heteroatoms. The lowest BCUT2D eigenvalue weighted by Crippen LogP contribution is -2.39. The summed E-state index contributed by atoms with van der Waals surface area (Å²) >= 11 is 5.85. The molecule has 0 saturated heterocycles. The summed E-state index contributed by atoms with van der Waals surface area (Å²) in [5, 5.41) is 7.06. The van der Waals surface area contributed by atoms with E-state index >= 15 is 0 Å². The lowest BCUT2D eigenvalue weighted by Gasteiger charge is -2.25. The van der Waals surface area contributed by atoms with Crippen LogP contribution in [0.2, 0.25) is 5.02 Å². The minimum atomic E-state index is -0.450. The number of rotatable bonds is 6. The second kappa shape index (κ2) is 8.62. The fourth-order valence-electron chi connectivity index (χ4n) is 2.59. The zero-order chi connectivity index (χ0) is 20.1. The summed E-state index contributed by atoms with van der Waals surface area (Å²) in [6, 6.07) is 10.5. The molecule has 0 aliphatic rings. The topological polar surface area (TPSA) is 93.0 Å². The van der Waals surface area contributed by atoms with Gasteiger partial charge in [-0.15, -0.1) is 0 Å². The highest BCUT2D eigenvalue weighted by atomic mass is 35.5. The summed E-state index contributed by atoms with van der Waals surface area (Å²) in [6.45, 7) is 1.79. The van der Waals surface area contributed by atoms with Crippen molar-refractivity contribution in [3.63, 3.8) is 0 Å². The molecule has 144 valence electrons. The van der Waals surface area contributed by atoms with Gasteiger partial charge in [0.15, 0.2) is 0 Å². The summed E-state index contributed by atoms with van der Waals surface area (Å²) in [5.41, 5.74) is 2.01. The second-order valence-corrected chi connectivity index (χ2v) is 6.59. The summed E-state index contributed by atoms with van der Waals surface area (Å²) in [7, 11) is 1.70. The Hall–Kier alpha value is -3.26. The lowest BCUT2D eigenvalue weighted by molar-refractivity contribution is -0.130. The van der Waals surface area contributed by atoms with Crippen molar-refractivity contribution >= 4 is 23.4 Å². The first-order valence-electron chi connectivity index (χ1n) is 8.56. The van der Waals surface area contributed by atoms with Gasteiger partial charge in [0.25, 0.3) is 5.91 Å². The number of carbonyl (C=O) groups is 2. The van der Waals surface area contributed by atoms with Crippen LogP contribution in [0, 0.1) is 0 Å². The molecular formula is C19H19ClN6O2. The van der Waals surface area contributed by atoms with Crippen molar-refractivity contribution in [2.24, 2.45) is 0 Å². The van der Waals surface area contributed by atoms with E-state index in [2.05, 4.69) is 20.4 Å². The molecule has 8 nitrogen and oxygen atoms in total. The minimum absolute atomic E-state index is 0.134. The second-order valence-electron chi connectivity index (χ2n) is 6.15. The Kier molecular flexibility index (Phi) is 6.00. The van der Waals surface area contributed by atoms with Gasteiger partial charge in [-0.1, -0.05) is 23.7 Å². The molecule has 0 saturated carbocycles. The van der Waals surface area contributed by atoms with Crippen molar-refractivity contribution < 1.29 is 9.59 Å². The number of amides is 2. The maximum Gasteiger partial charge on any atom is 0.270 e. The van der Waals surface area contributed by atoms with Crippen LogP contribution in [0.15, 0.2) is 55.2 Å². The molecule has 2 aromatic heterocycles. The summed E-state index contributed by atoms with van der Waals surface area (Å²) < 4.78 is 1.66. The molecule has 1 N–H and O–H groups in total. The molecule has 0 aliphatic carbocycles. The van der Waals surface area contributed by atoms with Gasteiger partial charge in [-0.2, -0.15) is 5.10 Å². The van der Waals surface area contributed by atoms with Crippen LogP contribution < -0.4 is 5.32 Å². The van der Waals surface area contributed by atoms with Gasteiger partial charge >= 0.3 is 0 Å². The summed E-state index contributed by atoms with van der Waals surface area (Å²) in [5.74, 6) is -0.669.